The van der Waals surface area contributed by atoms with E-state index in [2.05, 4.69) is 27.4 Å². The first-order chi connectivity index (χ1) is 6.29. The Morgan fingerprint density at radius 2 is 1.93 bits per heavy atom. The lowest BCUT2D eigenvalue weighted by atomic mass is 9.83. The summed E-state index contributed by atoms with van der Waals surface area (Å²) >= 11 is 0. The van der Waals surface area contributed by atoms with Crippen LogP contribution in [0.2, 0.25) is 0 Å². The fourth-order valence-corrected chi connectivity index (χ4v) is 1.74. The lowest BCUT2D eigenvalue weighted by Crippen LogP contribution is -2.44. The Balaban J connectivity index is 4.18. The summed E-state index contributed by atoms with van der Waals surface area (Å²) in [5.74, 6) is 0. The monoisotopic (exact) mass is 199 g/mol. The number of methoxy groups -OCH3 is 1. The molecule has 0 aliphatic rings. The highest BCUT2D eigenvalue weighted by Gasteiger charge is 2.29. The molecule has 0 rings (SSSR count). The summed E-state index contributed by atoms with van der Waals surface area (Å²) in [6, 6.07) is 0.0942. The first-order valence-corrected chi connectivity index (χ1v) is 5.21. The lowest BCUT2D eigenvalue weighted by molar-refractivity contribution is -0.00347. The number of ether oxygens (including phenoxy) is 1. The zero-order valence-electron chi connectivity index (χ0n) is 10.3. The van der Waals surface area contributed by atoms with Crippen molar-refractivity contribution in [2.24, 2.45) is 11.1 Å². The Labute approximate surface area is 88.5 Å². The Hall–Kier alpha value is -0.340. The van der Waals surface area contributed by atoms with Crippen LogP contribution in [0.25, 0.3) is 0 Å². The molecule has 2 atom stereocenters. The van der Waals surface area contributed by atoms with Gasteiger partial charge in [0.25, 0.3) is 0 Å². The maximum atomic E-state index is 6.10. The van der Waals surface area contributed by atoms with Gasteiger partial charge < -0.3 is 10.5 Å². The summed E-state index contributed by atoms with van der Waals surface area (Å²) in [6.07, 6.45) is 2.05. The van der Waals surface area contributed by atoms with E-state index in [0.29, 0.717) is 0 Å². The Bertz CT molecular complexity index is 181. The minimum absolute atomic E-state index is 0.0942. The lowest BCUT2D eigenvalue weighted by Gasteiger charge is -2.34. The fourth-order valence-electron chi connectivity index (χ4n) is 1.74. The first kappa shape index (κ1) is 13.7. The molecule has 0 aliphatic heterocycles. The highest BCUT2D eigenvalue weighted by Crippen LogP contribution is 2.25. The van der Waals surface area contributed by atoms with Crippen molar-refractivity contribution in [1.29, 1.82) is 0 Å². The second-order valence-electron chi connectivity index (χ2n) is 5.18. The maximum Gasteiger partial charge on any atom is 0.0770 e. The van der Waals surface area contributed by atoms with E-state index in [1.165, 1.54) is 5.57 Å². The normalized spacial score (nSPS) is 16.4. The van der Waals surface area contributed by atoms with Crippen molar-refractivity contribution in [2.45, 2.75) is 52.7 Å². The average Bonchev–Trinajstić information content (AvgIpc) is 1.99. The number of rotatable bonds is 5. The predicted octanol–water partition coefficient (Wildman–Crippen LogP) is 2.73. The van der Waals surface area contributed by atoms with Crippen molar-refractivity contribution in [2.75, 3.05) is 7.11 Å². The van der Waals surface area contributed by atoms with Crippen molar-refractivity contribution in [1.82, 2.24) is 0 Å². The van der Waals surface area contributed by atoms with Gasteiger partial charge in [-0.15, -0.1) is 6.58 Å². The number of nitrogens with two attached hydrogens (primary N) is 1. The third-order valence-corrected chi connectivity index (χ3v) is 2.40. The van der Waals surface area contributed by atoms with Crippen molar-refractivity contribution in [3.8, 4) is 0 Å². The molecule has 14 heavy (non-hydrogen) atoms. The van der Waals surface area contributed by atoms with Crippen LogP contribution >= 0.6 is 0 Å². The Morgan fingerprint density at radius 1 is 1.43 bits per heavy atom. The van der Waals surface area contributed by atoms with Gasteiger partial charge in [-0.05, 0) is 25.2 Å². The van der Waals surface area contributed by atoms with E-state index in [0.717, 1.165) is 12.8 Å². The fraction of sp³-hybridized carbons (Fsp3) is 0.833. The van der Waals surface area contributed by atoms with Gasteiger partial charge in [-0.25, -0.2) is 0 Å². The minimum Gasteiger partial charge on any atom is -0.379 e. The molecule has 0 aromatic carbocycles. The van der Waals surface area contributed by atoms with Crippen LogP contribution in [-0.4, -0.2) is 19.3 Å². The smallest absolute Gasteiger partial charge is 0.0770 e. The highest BCUT2D eigenvalue weighted by molar-refractivity contribution is 4.92. The van der Waals surface area contributed by atoms with Crippen molar-refractivity contribution in [3.05, 3.63) is 12.2 Å². The molecule has 0 saturated carbocycles. The summed E-state index contributed by atoms with van der Waals surface area (Å²) in [6.45, 7) is 12.4. The minimum atomic E-state index is 0.0942. The zero-order chi connectivity index (χ0) is 11.4. The van der Waals surface area contributed by atoms with Crippen molar-refractivity contribution < 1.29 is 4.74 Å². The van der Waals surface area contributed by atoms with Crippen LogP contribution in [0.15, 0.2) is 12.2 Å². The first-order valence-electron chi connectivity index (χ1n) is 5.21. The molecule has 0 heterocycles. The van der Waals surface area contributed by atoms with E-state index < -0.39 is 0 Å². The summed E-state index contributed by atoms with van der Waals surface area (Å²) in [5, 5.41) is 0. The predicted molar refractivity (Wildman–Crippen MR) is 62.3 cm³/mol. The van der Waals surface area contributed by atoms with Gasteiger partial charge in [0.15, 0.2) is 0 Å². The summed E-state index contributed by atoms with van der Waals surface area (Å²) in [7, 11) is 1.73. The molecule has 0 bridgehead atoms. The summed E-state index contributed by atoms with van der Waals surface area (Å²) < 4.78 is 5.45. The summed E-state index contributed by atoms with van der Waals surface area (Å²) in [4.78, 5) is 0. The van der Waals surface area contributed by atoms with E-state index >= 15 is 0 Å². The molecular weight excluding hydrogens is 174 g/mol. The van der Waals surface area contributed by atoms with Gasteiger partial charge in [0, 0.05) is 13.2 Å². The van der Waals surface area contributed by atoms with Gasteiger partial charge in [-0.3, -0.25) is 0 Å². The molecule has 0 radical (unpaired) electrons. The molecule has 0 fully saturated rings. The van der Waals surface area contributed by atoms with Crippen molar-refractivity contribution in [3.63, 3.8) is 0 Å². The number of hydrogen-bond acceptors (Lipinski definition) is 2. The molecule has 2 unspecified atom stereocenters. The molecule has 0 aliphatic carbocycles. The second-order valence-corrected chi connectivity index (χ2v) is 5.18. The van der Waals surface area contributed by atoms with Gasteiger partial charge in [0.2, 0.25) is 0 Å². The van der Waals surface area contributed by atoms with Crippen LogP contribution in [0.1, 0.15) is 40.5 Å². The largest absolute Gasteiger partial charge is 0.379 e. The van der Waals surface area contributed by atoms with Gasteiger partial charge >= 0.3 is 0 Å². The van der Waals surface area contributed by atoms with E-state index in [9.17, 15) is 0 Å². The quantitative estimate of drug-likeness (QED) is 0.691. The third kappa shape index (κ3) is 4.77. The van der Waals surface area contributed by atoms with E-state index in [4.69, 9.17) is 10.5 Å². The number of hydrogen-bond donors (Lipinski definition) is 1. The van der Waals surface area contributed by atoms with Crippen LogP contribution in [0.3, 0.4) is 0 Å². The molecule has 84 valence electrons. The molecule has 0 aromatic heterocycles. The molecule has 0 spiro atoms. The molecule has 0 amide bonds. The molecule has 2 N–H and O–H groups in total. The molecular formula is C12H25NO. The van der Waals surface area contributed by atoms with Crippen LogP contribution in [0.4, 0.5) is 0 Å². The molecule has 2 heteroatoms. The second kappa shape index (κ2) is 5.52. The van der Waals surface area contributed by atoms with Gasteiger partial charge in [-0.2, -0.15) is 0 Å². The topological polar surface area (TPSA) is 35.2 Å². The highest BCUT2D eigenvalue weighted by atomic mass is 16.5. The van der Waals surface area contributed by atoms with Gasteiger partial charge in [0.05, 0.1) is 6.10 Å². The average molecular weight is 199 g/mol. The van der Waals surface area contributed by atoms with Gasteiger partial charge in [-0.1, -0.05) is 26.3 Å². The molecule has 0 saturated heterocycles. The Kier molecular flexibility index (Phi) is 5.38. The van der Waals surface area contributed by atoms with Gasteiger partial charge in [0.1, 0.15) is 0 Å². The van der Waals surface area contributed by atoms with E-state index in [1.54, 1.807) is 7.11 Å². The van der Waals surface area contributed by atoms with E-state index in [1.807, 2.05) is 6.92 Å². The number of allylic oxidation sites excluding steroid dienone is 1. The van der Waals surface area contributed by atoms with Crippen molar-refractivity contribution >= 4 is 0 Å². The van der Waals surface area contributed by atoms with E-state index in [-0.39, 0.29) is 17.6 Å². The SMILES string of the molecule is C=C(C)CCC(N)C(OC)C(C)(C)C. The third-order valence-electron chi connectivity index (χ3n) is 2.40. The Morgan fingerprint density at radius 3 is 2.21 bits per heavy atom. The molecule has 2 nitrogen and oxygen atoms in total. The maximum absolute atomic E-state index is 6.10. The van der Waals surface area contributed by atoms with Crippen LogP contribution in [0.5, 0.6) is 0 Å². The zero-order valence-corrected chi connectivity index (χ0v) is 10.3. The van der Waals surface area contributed by atoms with Crippen LogP contribution < -0.4 is 5.73 Å². The van der Waals surface area contributed by atoms with Crippen LogP contribution in [-0.2, 0) is 4.74 Å². The summed E-state index contributed by atoms with van der Waals surface area (Å²) in [5.41, 5.74) is 7.38. The molecule has 0 aromatic rings. The standard InChI is InChI=1S/C12H25NO/c1-9(2)7-8-10(13)11(14-6)12(3,4)5/h10-11H,1,7-8,13H2,2-6H3. The van der Waals surface area contributed by atoms with Crippen LogP contribution in [0, 0.1) is 5.41 Å².